The predicted octanol–water partition coefficient (Wildman–Crippen LogP) is 2.66. The Balaban J connectivity index is 3.07. The smallest absolute Gasteiger partial charge is 0.225 e. The molecule has 3 heteroatoms. The molecule has 0 saturated heterocycles. The summed E-state index contributed by atoms with van der Waals surface area (Å²) in [5.74, 6) is 0.765. The first-order valence-corrected chi connectivity index (χ1v) is 5.74. The van der Waals surface area contributed by atoms with Crippen molar-refractivity contribution >= 4 is 18.0 Å². The summed E-state index contributed by atoms with van der Waals surface area (Å²) < 4.78 is 5.31. The number of ether oxygens (including phenoxy) is 1. The van der Waals surface area contributed by atoms with Gasteiger partial charge in [-0.05, 0) is 38.1 Å². The van der Waals surface area contributed by atoms with Gasteiger partial charge in [-0.2, -0.15) is 0 Å². The fourth-order valence-electron chi connectivity index (χ4n) is 1.75. The molecule has 0 bridgehead atoms. The summed E-state index contributed by atoms with van der Waals surface area (Å²) >= 11 is 0. The van der Waals surface area contributed by atoms with Crippen molar-refractivity contribution in [3.8, 4) is 5.75 Å². The monoisotopic (exact) mass is 232 g/mol. The zero-order chi connectivity index (χ0) is 12.7. The van der Waals surface area contributed by atoms with Gasteiger partial charge in [0.1, 0.15) is 5.75 Å². The molecular formula is C14H18NO2. The highest BCUT2D eigenvalue weighted by Crippen LogP contribution is 2.26. The standard InChI is InChI=1S/C14H18NO2/c1-4-15(5-2)13-9-8-12(7-6-10-16)14(11-13)17-3/h6-9,11H,4-5H2,1-3H3. The lowest BCUT2D eigenvalue weighted by Gasteiger charge is -2.22. The normalized spacial score (nSPS) is 10.5. The highest BCUT2D eigenvalue weighted by Gasteiger charge is 2.06. The van der Waals surface area contributed by atoms with Gasteiger partial charge in [-0.1, -0.05) is 0 Å². The van der Waals surface area contributed by atoms with Crippen LogP contribution in [-0.4, -0.2) is 26.5 Å². The van der Waals surface area contributed by atoms with E-state index in [1.54, 1.807) is 19.5 Å². The molecule has 0 aromatic heterocycles. The van der Waals surface area contributed by atoms with Crippen LogP contribution in [0.5, 0.6) is 5.75 Å². The Kier molecular flexibility index (Phi) is 5.27. The number of nitrogens with zero attached hydrogens (tertiary/aromatic N) is 1. The van der Waals surface area contributed by atoms with Crippen LogP contribution in [0, 0.1) is 0 Å². The molecule has 0 aliphatic carbocycles. The van der Waals surface area contributed by atoms with Crippen molar-refractivity contribution in [1.82, 2.24) is 0 Å². The van der Waals surface area contributed by atoms with Crippen LogP contribution in [-0.2, 0) is 4.79 Å². The van der Waals surface area contributed by atoms with Gasteiger partial charge in [0, 0.05) is 30.4 Å². The number of anilines is 1. The minimum absolute atomic E-state index is 0.765. The third-order valence-electron chi connectivity index (χ3n) is 2.68. The van der Waals surface area contributed by atoms with Crippen LogP contribution in [0.3, 0.4) is 0 Å². The Morgan fingerprint density at radius 2 is 2.06 bits per heavy atom. The topological polar surface area (TPSA) is 29.5 Å². The van der Waals surface area contributed by atoms with Crippen molar-refractivity contribution in [2.24, 2.45) is 0 Å². The summed E-state index contributed by atoms with van der Waals surface area (Å²) in [5.41, 5.74) is 2.01. The first-order valence-electron chi connectivity index (χ1n) is 5.74. The van der Waals surface area contributed by atoms with Gasteiger partial charge < -0.3 is 9.64 Å². The van der Waals surface area contributed by atoms with Gasteiger partial charge in [0.05, 0.1) is 7.11 Å². The van der Waals surface area contributed by atoms with E-state index in [1.165, 1.54) is 6.08 Å². The van der Waals surface area contributed by atoms with Crippen LogP contribution in [0.2, 0.25) is 0 Å². The Bertz CT molecular complexity index is 395. The lowest BCUT2D eigenvalue weighted by molar-refractivity contribution is 0.414. The van der Waals surface area contributed by atoms with Crippen molar-refractivity contribution in [2.75, 3.05) is 25.1 Å². The number of hydrogen-bond donors (Lipinski definition) is 0. The van der Waals surface area contributed by atoms with Gasteiger partial charge in [0.25, 0.3) is 0 Å². The first kappa shape index (κ1) is 13.3. The molecule has 1 aromatic rings. The van der Waals surface area contributed by atoms with Crippen LogP contribution in [0.1, 0.15) is 19.4 Å². The average Bonchev–Trinajstić information content (AvgIpc) is 2.38. The summed E-state index contributed by atoms with van der Waals surface area (Å²) in [7, 11) is 1.63. The van der Waals surface area contributed by atoms with E-state index in [0.29, 0.717) is 0 Å². The van der Waals surface area contributed by atoms with Crippen LogP contribution in [0.25, 0.3) is 6.08 Å². The molecule has 0 N–H and O–H groups in total. The molecule has 0 saturated carbocycles. The summed E-state index contributed by atoms with van der Waals surface area (Å²) in [6.07, 6.45) is 4.77. The number of benzene rings is 1. The van der Waals surface area contributed by atoms with E-state index in [0.717, 1.165) is 30.1 Å². The molecule has 1 radical (unpaired) electrons. The van der Waals surface area contributed by atoms with E-state index in [4.69, 9.17) is 4.74 Å². The number of methoxy groups -OCH3 is 1. The first-order chi connectivity index (χ1) is 8.26. The van der Waals surface area contributed by atoms with E-state index < -0.39 is 0 Å². The Hall–Kier alpha value is -1.77. The molecule has 17 heavy (non-hydrogen) atoms. The molecule has 1 rings (SSSR count). The van der Waals surface area contributed by atoms with Gasteiger partial charge in [0.15, 0.2) is 0 Å². The fraction of sp³-hybridized carbons (Fsp3) is 0.357. The number of rotatable bonds is 6. The molecule has 0 aliphatic heterocycles. The van der Waals surface area contributed by atoms with Crippen LogP contribution in [0.15, 0.2) is 24.3 Å². The molecule has 0 atom stereocenters. The van der Waals surface area contributed by atoms with Crippen molar-refractivity contribution in [2.45, 2.75) is 13.8 Å². The second-order valence-electron chi connectivity index (χ2n) is 3.55. The number of hydrogen-bond acceptors (Lipinski definition) is 3. The lowest BCUT2D eigenvalue weighted by Crippen LogP contribution is -2.21. The minimum atomic E-state index is 0.765. The van der Waals surface area contributed by atoms with Crippen molar-refractivity contribution in [1.29, 1.82) is 0 Å². The van der Waals surface area contributed by atoms with E-state index >= 15 is 0 Å². The van der Waals surface area contributed by atoms with Gasteiger partial charge >= 0.3 is 0 Å². The van der Waals surface area contributed by atoms with E-state index in [2.05, 4.69) is 18.7 Å². The summed E-state index contributed by atoms with van der Waals surface area (Å²) in [5, 5.41) is 0. The second kappa shape index (κ2) is 6.74. The average molecular weight is 232 g/mol. The minimum Gasteiger partial charge on any atom is -0.496 e. The maximum absolute atomic E-state index is 10.2. The molecule has 0 heterocycles. The third-order valence-corrected chi connectivity index (χ3v) is 2.68. The van der Waals surface area contributed by atoms with Crippen molar-refractivity contribution in [3.63, 3.8) is 0 Å². The molecule has 0 aliphatic rings. The molecule has 0 fully saturated rings. The van der Waals surface area contributed by atoms with Crippen molar-refractivity contribution < 1.29 is 9.53 Å². The fourth-order valence-corrected chi connectivity index (χ4v) is 1.75. The lowest BCUT2D eigenvalue weighted by atomic mass is 10.1. The highest BCUT2D eigenvalue weighted by molar-refractivity contribution is 5.76. The number of allylic oxidation sites excluding steroid dienone is 1. The predicted molar refractivity (Wildman–Crippen MR) is 71.3 cm³/mol. The molecule has 3 nitrogen and oxygen atoms in total. The Morgan fingerprint density at radius 1 is 1.35 bits per heavy atom. The molecule has 91 valence electrons. The van der Waals surface area contributed by atoms with E-state index in [-0.39, 0.29) is 0 Å². The van der Waals surface area contributed by atoms with E-state index in [9.17, 15) is 4.79 Å². The maximum atomic E-state index is 10.2. The summed E-state index contributed by atoms with van der Waals surface area (Å²) in [4.78, 5) is 12.4. The highest BCUT2D eigenvalue weighted by atomic mass is 16.5. The molecule has 1 aromatic carbocycles. The largest absolute Gasteiger partial charge is 0.496 e. The van der Waals surface area contributed by atoms with E-state index in [1.807, 2.05) is 18.2 Å². The molecular weight excluding hydrogens is 214 g/mol. The van der Waals surface area contributed by atoms with Gasteiger partial charge in [-0.3, -0.25) is 4.79 Å². The maximum Gasteiger partial charge on any atom is 0.225 e. The summed E-state index contributed by atoms with van der Waals surface area (Å²) in [6, 6.07) is 5.96. The van der Waals surface area contributed by atoms with Gasteiger partial charge in [-0.15, -0.1) is 0 Å². The molecule has 0 spiro atoms. The van der Waals surface area contributed by atoms with Crippen LogP contribution < -0.4 is 9.64 Å². The molecule has 0 amide bonds. The van der Waals surface area contributed by atoms with Crippen LogP contribution in [0.4, 0.5) is 5.69 Å². The zero-order valence-corrected chi connectivity index (χ0v) is 10.6. The Labute approximate surface area is 103 Å². The third kappa shape index (κ3) is 3.34. The molecule has 0 unspecified atom stereocenters. The van der Waals surface area contributed by atoms with Gasteiger partial charge in [-0.25, -0.2) is 0 Å². The van der Waals surface area contributed by atoms with Crippen molar-refractivity contribution in [3.05, 3.63) is 29.8 Å². The van der Waals surface area contributed by atoms with Crippen LogP contribution >= 0.6 is 0 Å². The number of carbonyl (C=O) groups excluding carboxylic acids is 1. The van der Waals surface area contributed by atoms with Gasteiger partial charge in [0.2, 0.25) is 6.29 Å². The summed E-state index contributed by atoms with van der Waals surface area (Å²) in [6.45, 7) is 6.14. The Morgan fingerprint density at radius 3 is 2.59 bits per heavy atom. The SMILES string of the molecule is CCN(CC)c1ccc(C=C[C]=O)c(OC)c1. The quantitative estimate of drug-likeness (QED) is 0.706. The second-order valence-corrected chi connectivity index (χ2v) is 3.55. The zero-order valence-electron chi connectivity index (χ0n) is 10.6.